The van der Waals surface area contributed by atoms with Crippen LogP contribution >= 0.6 is 0 Å². The average molecular weight is 463 g/mol. The second-order valence-electron chi connectivity index (χ2n) is 9.28. The SMILES string of the molecule is CC[C@]1(O)C(=O)OCc2c1cc1n(c2=O)Cc2c-1nc1ccccc1c2[Si](CC)(CC)CC. The Morgan fingerprint density at radius 3 is 2.45 bits per heavy atom. The number of benzene rings is 1. The average Bonchev–Trinajstić information content (AvgIpc) is 3.21. The van der Waals surface area contributed by atoms with Crippen molar-refractivity contribution in [2.24, 2.45) is 0 Å². The molecule has 172 valence electrons. The molecular weight excluding hydrogens is 432 g/mol. The Bertz CT molecular complexity index is 1350. The minimum Gasteiger partial charge on any atom is -0.458 e. The number of hydrogen-bond donors (Lipinski definition) is 1. The van der Waals surface area contributed by atoms with Gasteiger partial charge in [0.25, 0.3) is 5.56 Å². The monoisotopic (exact) mass is 462 g/mol. The van der Waals surface area contributed by atoms with Crippen molar-refractivity contribution in [1.29, 1.82) is 0 Å². The lowest BCUT2D eigenvalue weighted by atomic mass is 9.86. The lowest BCUT2D eigenvalue weighted by molar-refractivity contribution is -0.172. The number of para-hydroxylation sites is 1. The van der Waals surface area contributed by atoms with Crippen LogP contribution < -0.4 is 10.7 Å². The standard InChI is InChI=1S/C26H30N2O4Si/c1-5-26(31)19-13-21-22-17(14-28(21)24(29)18(19)15-32-25(26)30)23(33(6-2,7-3)8-4)16-11-9-10-12-20(16)27-22/h9-13,31H,5-8,14-15H2,1-4H3/t26-/m1/s1. The van der Waals surface area contributed by atoms with E-state index in [0.717, 1.165) is 34.9 Å². The van der Waals surface area contributed by atoms with Gasteiger partial charge in [-0.2, -0.15) is 0 Å². The number of fused-ring (bicyclic) bond motifs is 5. The highest BCUT2D eigenvalue weighted by Crippen LogP contribution is 2.39. The molecule has 0 fully saturated rings. The molecule has 7 heteroatoms. The van der Waals surface area contributed by atoms with E-state index in [1.165, 1.54) is 10.6 Å². The van der Waals surface area contributed by atoms with Gasteiger partial charge in [0.1, 0.15) is 6.61 Å². The fourth-order valence-electron chi connectivity index (χ4n) is 5.91. The number of hydrogen-bond acceptors (Lipinski definition) is 5. The first kappa shape index (κ1) is 22.0. The fraction of sp³-hybridized carbons (Fsp3) is 0.423. The summed E-state index contributed by atoms with van der Waals surface area (Å²) in [5.74, 6) is -0.693. The van der Waals surface area contributed by atoms with Gasteiger partial charge in [0.05, 0.1) is 37.1 Å². The molecule has 0 aliphatic carbocycles. The van der Waals surface area contributed by atoms with Gasteiger partial charge >= 0.3 is 5.97 Å². The number of esters is 1. The number of cyclic esters (lactones) is 1. The Labute approximate surface area is 194 Å². The van der Waals surface area contributed by atoms with E-state index >= 15 is 0 Å². The van der Waals surface area contributed by atoms with Crippen LogP contribution in [0.2, 0.25) is 18.1 Å². The van der Waals surface area contributed by atoms with Gasteiger partial charge in [-0.1, -0.05) is 64.0 Å². The van der Waals surface area contributed by atoms with E-state index in [4.69, 9.17) is 9.72 Å². The van der Waals surface area contributed by atoms with Crippen molar-refractivity contribution in [3.63, 3.8) is 0 Å². The molecule has 6 nitrogen and oxygen atoms in total. The van der Waals surface area contributed by atoms with E-state index in [1.54, 1.807) is 11.5 Å². The molecule has 4 heterocycles. The summed E-state index contributed by atoms with van der Waals surface area (Å²) in [5, 5.41) is 13.7. The van der Waals surface area contributed by atoms with Gasteiger partial charge in [0, 0.05) is 5.56 Å². The summed E-state index contributed by atoms with van der Waals surface area (Å²) in [6.07, 6.45) is 0.141. The first-order valence-electron chi connectivity index (χ1n) is 11.9. The number of rotatable bonds is 5. The maximum Gasteiger partial charge on any atom is 0.343 e. The molecule has 0 saturated heterocycles. The van der Waals surface area contributed by atoms with Gasteiger partial charge in [-0.15, -0.1) is 0 Å². The Hall–Kier alpha value is -2.77. The number of nitrogens with zero attached hydrogens (tertiary/aromatic N) is 2. The lowest BCUT2D eigenvalue weighted by Crippen LogP contribution is -2.48. The Morgan fingerprint density at radius 1 is 1.09 bits per heavy atom. The summed E-state index contributed by atoms with van der Waals surface area (Å²) < 4.78 is 6.97. The summed E-state index contributed by atoms with van der Waals surface area (Å²) >= 11 is 0. The van der Waals surface area contributed by atoms with Crippen molar-refractivity contribution in [2.45, 2.75) is 71.0 Å². The summed E-state index contributed by atoms with van der Waals surface area (Å²) in [7, 11) is -1.83. The molecule has 5 rings (SSSR count). The first-order chi connectivity index (χ1) is 15.8. The molecule has 3 aromatic rings. The zero-order valence-corrected chi connectivity index (χ0v) is 20.7. The molecule has 0 spiro atoms. The van der Waals surface area contributed by atoms with Crippen molar-refractivity contribution < 1.29 is 14.6 Å². The molecule has 1 N–H and O–H groups in total. The van der Waals surface area contributed by atoms with E-state index in [9.17, 15) is 14.7 Å². The first-order valence-corrected chi connectivity index (χ1v) is 14.6. The second-order valence-corrected chi connectivity index (χ2v) is 14.5. The Balaban J connectivity index is 1.87. The Morgan fingerprint density at radius 2 is 1.79 bits per heavy atom. The highest BCUT2D eigenvalue weighted by Gasteiger charge is 2.46. The van der Waals surface area contributed by atoms with Gasteiger partial charge in [-0.05, 0) is 34.7 Å². The third-order valence-corrected chi connectivity index (χ3v) is 13.8. The molecule has 0 radical (unpaired) electrons. The molecule has 1 atom stereocenters. The minimum atomic E-state index is -1.83. The highest BCUT2D eigenvalue weighted by molar-refractivity contribution is 6.93. The molecule has 33 heavy (non-hydrogen) atoms. The smallest absolute Gasteiger partial charge is 0.343 e. The molecule has 0 amide bonds. The van der Waals surface area contributed by atoms with E-state index in [2.05, 4.69) is 32.9 Å². The van der Waals surface area contributed by atoms with Crippen LogP contribution in [-0.2, 0) is 28.3 Å². The van der Waals surface area contributed by atoms with Crippen LogP contribution in [0.3, 0.4) is 0 Å². The molecule has 0 saturated carbocycles. The second kappa shape index (κ2) is 7.63. The number of carbonyl (C=O) groups is 1. The molecule has 2 aromatic heterocycles. The number of ether oxygens (including phenoxy) is 1. The summed E-state index contributed by atoms with van der Waals surface area (Å²) in [6.45, 7) is 8.96. The van der Waals surface area contributed by atoms with E-state index in [-0.39, 0.29) is 18.6 Å². The third-order valence-electron chi connectivity index (χ3n) is 8.16. The third kappa shape index (κ3) is 2.85. The summed E-state index contributed by atoms with van der Waals surface area (Å²) in [4.78, 5) is 31.1. The van der Waals surface area contributed by atoms with Crippen LogP contribution in [0.4, 0.5) is 0 Å². The largest absolute Gasteiger partial charge is 0.458 e. The van der Waals surface area contributed by atoms with Crippen LogP contribution in [0.25, 0.3) is 22.3 Å². The van der Waals surface area contributed by atoms with Gasteiger partial charge in [-0.25, -0.2) is 9.78 Å². The van der Waals surface area contributed by atoms with Crippen LogP contribution in [-0.4, -0.2) is 28.7 Å². The van der Waals surface area contributed by atoms with Crippen LogP contribution in [0, 0.1) is 0 Å². The van der Waals surface area contributed by atoms with Gasteiger partial charge in [-0.3, -0.25) is 4.79 Å². The van der Waals surface area contributed by atoms with Crippen molar-refractivity contribution in [3.05, 3.63) is 57.4 Å². The van der Waals surface area contributed by atoms with E-state index in [0.29, 0.717) is 23.4 Å². The fourth-order valence-corrected chi connectivity index (χ4v) is 10.1. The van der Waals surface area contributed by atoms with Gasteiger partial charge in [0.15, 0.2) is 5.60 Å². The van der Waals surface area contributed by atoms with Gasteiger partial charge in [0.2, 0.25) is 0 Å². The maximum atomic E-state index is 13.6. The van der Waals surface area contributed by atoms with Crippen LogP contribution in [0.5, 0.6) is 0 Å². The maximum absolute atomic E-state index is 13.6. The molecular formula is C26H30N2O4Si. The van der Waals surface area contributed by atoms with Crippen LogP contribution in [0.1, 0.15) is 50.8 Å². The minimum absolute atomic E-state index is 0.105. The zero-order chi connectivity index (χ0) is 23.5. The summed E-state index contributed by atoms with van der Waals surface area (Å²) in [5.41, 5.74) is 2.30. The lowest BCUT2D eigenvalue weighted by Gasteiger charge is -2.32. The molecule has 2 aliphatic heterocycles. The number of pyridine rings is 2. The summed E-state index contributed by atoms with van der Waals surface area (Å²) in [6, 6.07) is 13.5. The normalized spacial score (nSPS) is 19.2. The van der Waals surface area contributed by atoms with Crippen molar-refractivity contribution in [2.75, 3.05) is 0 Å². The molecule has 1 aromatic carbocycles. The van der Waals surface area contributed by atoms with Crippen molar-refractivity contribution in [1.82, 2.24) is 9.55 Å². The zero-order valence-electron chi connectivity index (χ0n) is 19.7. The number of carbonyl (C=O) groups excluding carboxylic acids is 1. The number of aromatic nitrogens is 2. The van der Waals surface area contributed by atoms with E-state index < -0.39 is 19.6 Å². The van der Waals surface area contributed by atoms with E-state index in [1.807, 2.05) is 18.2 Å². The molecule has 0 unspecified atom stereocenters. The molecule has 2 aliphatic rings. The number of aliphatic hydroxyl groups is 1. The molecule has 0 bridgehead atoms. The van der Waals surface area contributed by atoms with Crippen LogP contribution in [0.15, 0.2) is 35.1 Å². The topological polar surface area (TPSA) is 81.4 Å². The predicted octanol–water partition coefficient (Wildman–Crippen LogP) is 3.80. The van der Waals surface area contributed by atoms with Crippen molar-refractivity contribution >= 4 is 30.1 Å². The highest BCUT2D eigenvalue weighted by atomic mass is 28.3. The van der Waals surface area contributed by atoms with Gasteiger partial charge < -0.3 is 14.4 Å². The predicted molar refractivity (Wildman–Crippen MR) is 131 cm³/mol. The quantitative estimate of drug-likeness (QED) is 0.360. The van der Waals surface area contributed by atoms with Crippen molar-refractivity contribution in [3.8, 4) is 11.4 Å². The Kier molecular flexibility index (Phi) is 5.10.